The highest BCUT2D eigenvalue weighted by Crippen LogP contribution is 2.05. The number of carbonyl (C=O) groups is 1. The molecule has 0 aliphatic rings. The van der Waals surface area contributed by atoms with E-state index in [1.165, 1.54) is 11.3 Å². The molecule has 5 heteroatoms. The number of aromatic nitrogens is 1. The van der Waals surface area contributed by atoms with Gasteiger partial charge < -0.3 is 11.1 Å². The summed E-state index contributed by atoms with van der Waals surface area (Å²) < 4.78 is 0. The third-order valence-corrected chi connectivity index (χ3v) is 2.93. The van der Waals surface area contributed by atoms with Crippen LogP contribution < -0.4 is 11.1 Å². The first-order valence-corrected chi connectivity index (χ1v) is 6.21. The van der Waals surface area contributed by atoms with Gasteiger partial charge in [-0.3, -0.25) is 4.79 Å². The minimum absolute atomic E-state index is 0.123. The second kappa shape index (κ2) is 5.45. The lowest BCUT2D eigenvalue weighted by molar-refractivity contribution is 0.0950. The second-order valence-electron chi connectivity index (χ2n) is 3.62. The molecule has 4 nitrogen and oxygen atoms in total. The van der Waals surface area contributed by atoms with E-state index in [1.807, 2.05) is 24.3 Å². The monoisotopic (exact) mass is 247 g/mol. The summed E-state index contributed by atoms with van der Waals surface area (Å²) in [7, 11) is 0. The fourth-order valence-corrected chi connectivity index (χ4v) is 1.95. The van der Waals surface area contributed by atoms with Crippen LogP contribution in [0, 0.1) is 0 Å². The number of carbonyl (C=O) groups excluding carboxylic acids is 1. The zero-order valence-corrected chi connectivity index (χ0v) is 10.0. The molecule has 88 valence electrons. The highest BCUT2D eigenvalue weighted by molar-refractivity contribution is 7.07. The maximum atomic E-state index is 11.6. The summed E-state index contributed by atoms with van der Waals surface area (Å²) >= 11 is 1.41. The van der Waals surface area contributed by atoms with Gasteiger partial charge in [-0.1, -0.05) is 12.1 Å². The molecule has 0 fully saturated rings. The molecular formula is C12H13N3OS. The highest BCUT2D eigenvalue weighted by atomic mass is 32.1. The van der Waals surface area contributed by atoms with Crippen LogP contribution in [-0.2, 0) is 6.42 Å². The van der Waals surface area contributed by atoms with Gasteiger partial charge in [0.2, 0.25) is 0 Å². The number of anilines is 1. The predicted molar refractivity (Wildman–Crippen MR) is 69.0 cm³/mol. The smallest absolute Gasteiger partial charge is 0.270 e. The summed E-state index contributed by atoms with van der Waals surface area (Å²) in [5.41, 5.74) is 9.62. The van der Waals surface area contributed by atoms with Gasteiger partial charge in [-0.2, -0.15) is 0 Å². The Kier molecular flexibility index (Phi) is 3.72. The van der Waals surface area contributed by atoms with Crippen LogP contribution >= 0.6 is 11.3 Å². The predicted octanol–water partition coefficient (Wildman–Crippen LogP) is 1.70. The Morgan fingerprint density at radius 3 is 2.76 bits per heavy atom. The lowest BCUT2D eigenvalue weighted by Crippen LogP contribution is -2.25. The molecule has 0 saturated heterocycles. The van der Waals surface area contributed by atoms with Crippen molar-refractivity contribution < 1.29 is 4.79 Å². The summed E-state index contributed by atoms with van der Waals surface area (Å²) in [6.07, 6.45) is 0.788. The quantitative estimate of drug-likeness (QED) is 0.808. The molecule has 0 spiro atoms. The molecule has 0 bridgehead atoms. The Hall–Kier alpha value is -1.88. The molecule has 1 heterocycles. The Balaban J connectivity index is 1.80. The van der Waals surface area contributed by atoms with E-state index in [4.69, 9.17) is 5.73 Å². The van der Waals surface area contributed by atoms with Crippen molar-refractivity contribution in [1.82, 2.24) is 10.3 Å². The number of benzene rings is 1. The summed E-state index contributed by atoms with van der Waals surface area (Å²) in [6.45, 7) is 0.597. The SMILES string of the molecule is Nc1ccc(CCNC(=O)c2cscn2)cc1. The van der Waals surface area contributed by atoms with Crippen molar-refractivity contribution in [1.29, 1.82) is 0 Å². The molecule has 0 unspecified atom stereocenters. The van der Waals surface area contributed by atoms with Gasteiger partial charge in [-0.05, 0) is 24.1 Å². The summed E-state index contributed by atoms with van der Waals surface area (Å²) in [5, 5.41) is 4.56. The van der Waals surface area contributed by atoms with Crippen molar-refractivity contribution in [3.63, 3.8) is 0 Å². The average molecular weight is 247 g/mol. The molecule has 0 saturated carbocycles. The zero-order valence-electron chi connectivity index (χ0n) is 9.22. The van der Waals surface area contributed by atoms with Crippen LogP contribution in [-0.4, -0.2) is 17.4 Å². The van der Waals surface area contributed by atoms with Gasteiger partial charge in [0, 0.05) is 17.6 Å². The minimum atomic E-state index is -0.123. The van der Waals surface area contributed by atoms with Crippen molar-refractivity contribution in [3.8, 4) is 0 Å². The van der Waals surface area contributed by atoms with Crippen LogP contribution in [0.3, 0.4) is 0 Å². The number of thiazole rings is 1. The van der Waals surface area contributed by atoms with Crippen molar-refractivity contribution in [2.75, 3.05) is 12.3 Å². The standard InChI is InChI=1S/C12H13N3OS/c13-10-3-1-9(2-4-10)5-6-14-12(16)11-7-17-8-15-11/h1-4,7-8H,5-6,13H2,(H,14,16). The third kappa shape index (κ3) is 3.29. The van der Waals surface area contributed by atoms with Gasteiger partial charge >= 0.3 is 0 Å². The molecular weight excluding hydrogens is 234 g/mol. The lowest BCUT2D eigenvalue weighted by atomic mass is 10.1. The van der Waals surface area contributed by atoms with E-state index < -0.39 is 0 Å². The maximum Gasteiger partial charge on any atom is 0.270 e. The Labute approximate surface area is 103 Å². The molecule has 1 aromatic carbocycles. The van der Waals surface area contributed by atoms with E-state index in [9.17, 15) is 4.79 Å². The highest BCUT2D eigenvalue weighted by Gasteiger charge is 2.05. The van der Waals surface area contributed by atoms with Gasteiger partial charge in [0.1, 0.15) is 5.69 Å². The van der Waals surface area contributed by atoms with Crippen molar-refractivity contribution in [2.45, 2.75) is 6.42 Å². The summed E-state index contributed by atoms with van der Waals surface area (Å²) in [6, 6.07) is 7.64. The van der Waals surface area contributed by atoms with Crippen molar-refractivity contribution >= 4 is 22.9 Å². The van der Waals surface area contributed by atoms with Gasteiger partial charge in [0.05, 0.1) is 5.51 Å². The molecule has 2 rings (SSSR count). The van der Waals surface area contributed by atoms with Crippen LogP contribution in [0.4, 0.5) is 5.69 Å². The molecule has 2 aromatic rings. The number of rotatable bonds is 4. The van der Waals surface area contributed by atoms with E-state index in [2.05, 4.69) is 10.3 Å². The molecule has 0 atom stereocenters. The first-order valence-electron chi connectivity index (χ1n) is 5.26. The maximum absolute atomic E-state index is 11.6. The summed E-state index contributed by atoms with van der Waals surface area (Å²) in [4.78, 5) is 15.5. The van der Waals surface area contributed by atoms with Gasteiger partial charge in [-0.15, -0.1) is 11.3 Å². The molecule has 3 N–H and O–H groups in total. The van der Waals surface area contributed by atoms with Gasteiger partial charge in [-0.25, -0.2) is 4.98 Å². The number of nitrogens with one attached hydrogen (secondary N) is 1. The fraction of sp³-hybridized carbons (Fsp3) is 0.167. The fourth-order valence-electron chi connectivity index (χ4n) is 1.42. The molecule has 1 amide bonds. The van der Waals surface area contributed by atoms with Crippen LogP contribution in [0.2, 0.25) is 0 Å². The van der Waals surface area contributed by atoms with Crippen molar-refractivity contribution in [3.05, 3.63) is 46.4 Å². The Bertz CT molecular complexity index is 479. The number of nitrogens with zero attached hydrogens (tertiary/aromatic N) is 1. The first-order chi connectivity index (χ1) is 8.25. The van der Waals surface area contributed by atoms with E-state index in [0.29, 0.717) is 12.2 Å². The van der Waals surface area contributed by atoms with E-state index in [1.54, 1.807) is 10.9 Å². The third-order valence-electron chi connectivity index (χ3n) is 2.34. The van der Waals surface area contributed by atoms with Crippen molar-refractivity contribution in [2.24, 2.45) is 0 Å². The van der Waals surface area contributed by atoms with E-state index in [0.717, 1.165) is 17.7 Å². The molecule has 0 aliphatic carbocycles. The minimum Gasteiger partial charge on any atom is -0.399 e. The number of nitrogen functional groups attached to an aromatic ring is 1. The lowest BCUT2D eigenvalue weighted by Gasteiger charge is -2.03. The summed E-state index contributed by atoms with van der Waals surface area (Å²) in [5.74, 6) is -0.123. The van der Waals surface area contributed by atoms with E-state index in [-0.39, 0.29) is 5.91 Å². The van der Waals surface area contributed by atoms with Crippen LogP contribution in [0.25, 0.3) is 0 Å². The van der Waals surface area contributed by atoms with Gasteiger partial charge in [0.25, 0.3) is 5.91 Å². The largest absolute Gasteiger partial charge is 0.399 e. The molecule has 0 aliphatic heterocycles. The second-order valence-corrected chi connectivity index (χ2v) is 4.34. The van der Waals surface area contributed by atoms with Gasteiger partial charge in [0.15, 0.2) is 0 Å². The topological polar surface area (TPSA) is 68.0 Å². The zero-order chi connectivity index (χ0) is 12.1. The molecule has 17 heavy (non-hydrogen) atoms. The van der Waals surface area contributed by atoms with Crippen LogP contribution in [0.15, 0.2) is 35.2 Å². The molecule has 0 radical (unpaired) electrons. The normalized spacial score (nSPS) is 10.1. The number of nitrogens with two attached hydrogens (primary N) is 1. The van der Waals surface area contributed by atoms with E-state index >= 15 is 0 Å². The average Bonchev–Trinajstić information content (AvgIpc) is 2.85. The van der Waals surface area contributed by atoms with Crippen LogP contribution in [0.5, 0.6) is 0 Å². The number of amides is 1. The Morgan fingerprint density at radius 2 is 2.12 bits per heavy atom. The molecule has 1 aromatic heterocycles. The number of hydrogen-bond acceptors (Lipinski definition) is 4. The number of hydrogen-bond donors (Lipinski definition) is 2. The van der Waals surface area contributed by atoms with Crippen LogP contribution in [0.1, 0.15) is 16.1 Å². The first kappa shape index (κ1) is 11.6. The Morgan fingerprint density at radius 1 is 1.35 bits per heavy atom.